The first-order valence-corrected chi connectivity index (χ1v) is 6.55. The fraction of sp³-hybridized carbons (Fsp3) is 0.533. The first-order chi connectivity index (χ1) is 8.84. The molecule has 0 saturated carbocycles. The molecule has 0 amide bonds. The summed E-state index contributed by atoms with van der Waals surface area (Å²) in [6.07, 6.45) is -0.603. The third-order valence-electron chi connectivity index (χ3n) is 2.65. The minimum Gasteiger partial charge on any atom is -0.426 e. The van der Waals surface area contributed by atoms with Gasteiger partial charge in [0.1, 0.15) is 5.75 Å². The fourth-order valence-corrected chi connectivity index (χ4v) is 1.44. The molecular formula is C15H24ClNO3. The number of nitrogens with one attached hydrogen (secondary N) is 1. The van der Waals surface area contributed by atoms with Crippen molar-refractivity contribution in [3.8, 4) is 5.75 Å². The standard InChI is InChI=1S/C15H23NO3.ClH/c1-5-16-10-13(17)11-7-6-8-12(9-11)19-14(18)15(2,3)4;/h6-9,13,16-17H,5,10H2,1-4H3;1H. The third kappa shape index (κ3) is 5.90. The molecule has 2 N–H and O–H groups in total. The quantitative estimate of drug-likeness (QED) is 0.648. The van der Waals surface area contributed by atoms with Gasteiger partial charge in [-0.1, -0.05) is 19.1 Å². The van der Waals surface area contributed by atoms with Crippen LogP contribution < -0.4 is 10.1 Å². The number of halogens is 1. The van der Waals surface area contributed by atoms with Crippen LogP contribution >= 0.6 is 12.4 Å². The Labute approximate surface area is 126 Å². The summed E-state index contributed by atoms with van der Waals surface area (Å²) < 4.78 is 5.30. The van der Waals surface area contributed by atoms with Gasteiger partial charge in [-0.15, -0.1) is 12.4 Å². The highest BCUT2D eigenvalue weighted by atomic mass is 35.5. The van der Waals surface area contributed by atoms with Gasteiger partial charge in [-0.3, -0.25) is 4.79 Å². The zero-order valence-electron chi connectivity index (χ0n) is 12.5. The Morgan fingerprint density at radius 2 is 2.05 bits per heavy atom. The molecular weight excluding hydrogens is 278 g/mol. The van der Waals surface area contributed by atoms with Crippen LogP contribution in [-0.4, -0.2) is 24.2 Å². The predicted octanol–water partition coefficient (Wildman–Crippen LogP) is 2.70. The van der Waals surface area contributed by atoms with Crippen molar-refractivity contribution in [1.29, 1.82) is 0 Å². The van der Waals surface area contributed by atoms with E-state index in [9.17, 15) is 9.90 Å². The maximum atomic E-state index is 11.8. The molecule has 5 heteroatoms. The van der Waals surface area contributed by atoms with Crippen LogP contribution in [0.15, 0.2) is 24.3 Å². The first kappa shape index (κ1) is 18.9. The van der Waals surface area contributed by atoms with Crippen LogP contribution in [0.1, 0.15) is 39.4 Å². The maximum Gasteiger partial charge on any atom is 0.316 e. The first-order valence-electron chi connectivity index (χ1n) is 6.55. The lowest BCUT2D eigenvalue weighted by atomic mass is 9.97. The highest BCUT2D eigenvalue weighted by molar-refractivity contribution is 5.85. The van der Waals surface area contributed by atoms with Gasteiger partial charge in [-0.25, -0.2) is 0 Å². The second kappa shape index (κ2) is 8.25. The molecule has 0 aliphatic heterocycles. The summed E-state index contributed by atoms with van der Waals surface area (Å²) in [5.74, 6) is 0.179. The van der Waals surface area contributed by atoms with Gasteiger partial charge in [0.25, 0.3) is 0 Å². The van der Waals surface area contributed by atoms with Gasteiger partial charge in [-0.05, 0) is 45.0 Å². The van der Waals surface area contributed by atoms with E-state index < -0.39 is 11.5 Å². The average Bonchev–Trinajstić information content (AvgIpc) is 2.35. The Bertz CT molecular complexity index is 429. The largest absolute Gasteiger partial charge is 0.426 e. The molecule has 0 aliphatic carbocycles. The zero-order valence-corrected chi connectivity index (χ0v) is 13.3. The Morgan fingerprint density at radius 3 is 2.60 bits per heavy atom. The third-order valence-corrected chi connectivity index (χ3v) is 2.65. The Morgan fingerprint density at radius 1 is 1.40 bits per heavy atom. The van der Waals surface area contributed by atoms with Gasteiger partial charge in [0.05, 0.1) is 11.5 Å². The van der Waals surface area contributed by atoms with Crippen LogP contribution in [0, 0.1) is 5.41 Å². The summed E-state index contributed by atoms with van der Waals surface area (Å²) in [6, 6.07) is 7.00. The zero-order chi connectivity index (χ0) is 14.5. The number of esters is 1. The number of carbonyl (C=O) groups is 1. The summed E-state index contributed by atoms with van der Waals surface area (Å²) in [4.78, 5) is 11.8. The monoisotopic (exact) mass is 301 g/mol. The van der Waals surface area contributed by atoms with E-state index in [-0.39, 0.29) is 18.4 Å². The van der Waals surface area contributed by atoms with E-state index in [1.807, 2.05) is 13.0 Å². The smallest absolute Gasteiger partial charge is 0.316 e. The van der Waals surface area contributed by atoms with Crippen molar-refractivity contribution in [1.82, 2.24) is 5.32 Å². The number of rotatable bonds is 5. The van der Waals surface area contributed by atoms with Gasteiger partial charge in [-0.2, -0.15) is 0 Å². The van der Waals surface area contributed by atoms with Crippen LogP contribution in [0.4, 0.5) is 0 Å². The van der Waals surface area contributed by atoms with Crippen molar-refractivity contribution < 1.29 is 14.6 Å². The van der Waals surface area contributed by atoms with Gasteiger partial charge in [0, 0.05) is 6.54 Å². The molecule has 0 fully saturated rings. The van der Waals surface area contributed by atoms with Crippen LogP contribution in [0.25, 0.3) is 0 Å². The summed E-state index contributed by atoms with van der Waals surface area (Å²) in [5, 5.41) is 13.0. The molecule has 1 rings (SSSR count). The van der Waals surface area contributed by atoms with Gasteiger partial charge < -0.3 is 15.2 Å². The van der Waals surface area contributed by atoms with E-state index in [2.05, 4.69) is 5.32 Å². The number of hydrogen-bond acceptors (Lipinski definition) is 4. The predicted molar refractivity (Wildman–Crippen MR) is 82.3 cm³/mol. The minimum atomic E-state index is -0.603. The molecule has 1 unspecified atom stereocenters. The normalized spacial score (nSPS) is 12.4. The molecule has 114 valence electrons. The molecule has 0 aliphatic rings. The fourth-order valence-electron chi connectivity index (χ4n) is 1.44. The van der Waals surface area contributed by atoms with Crippen LogP contribution in [-0.2, 0) is 4.79 Å². The molecule has 20 heavy (non-hydrogen) atoms. The van der Waals surface area contributed by atoms with Crippen molar-refractivity contribution in [3.05, 3.63) is 29.8 Å². The number of benzene rings is 1. The van der Waals surface area contributed by atoms with E-state index >= 15 is 0 Å². The van der Waals surface area contributed by atoms with Gasteiger partial charge >= 0.3 is 5.97 Å². The number of hydrogen-bond donors (Lipinski definition) is 2. The highest BCUT2D eigenvalue weighted by Gasteiger charge is 2.23. The number of carbonyl (C=O) groups excluding carboxylic acids is 1. The van der Waals surface area contributed by atoms with Crippen molar-refractivity contribution in [2.24, 2.45) is 5.41 Å². The van der Waals surface area contributed by atoms with Crippen LogP contribution in [0.2, 0.25) is 0 Å². The van der Waals surface area contributed by atoms with Crippen molar-refractivity contribution in [3.63, 3.8) is 0 Å². The summed E-state index contributed by atoms with van der Waals surface area (Å²) in [6.45, 7) is 8.68. The van der Waals surface area contributed by atoms with Crippen molar-refractivity contribution in [2.45, 2.75) is 33.8 Å². The second-order valence-electron chi connectivity index (χ2n) is 5.54. The Hall–Kier alpha value is -1.10. The lowest BCUT2D eigenvalue weighted by molar-refractivity contribution is -0.143. The Balaban J connectivity index is 0.00000361. The van der Waals surface area contributed by atoms with Crippen LogP contribution in [0.3, 0.4) is 0 Å². The average molecular weight is 302 g/mol. The molecule has 0 radical (unpaired) electrons. The lowest BCUT2D eigenvalue weighted by Gasteiger charge is -2.17. The van der Waals surface area contributed by atoms with E-state index in [4.69, 9.17) is 4.74 Å². The van der Waals surface area contributed by atoms with Crippen LogP contribution in [0.5, 0.6) is 5.75 Å². The SMILES string of the molecule is CCNCC(O)c1cccc(OC(=O)C(C)(C)C)c1.Cl. The van der Waals surface area contributed by atoms with Gasteiger partial charge in [0.15, 0.2) is 0 Å². The lowest BCUT2D eigenvalue weighted by Crippen LogP contribution is -2.25. The molecule has 0 heterocycles. The highest BCUT2D eigenvalue weighted by Crippen LogP contribution is 2.22. The molecule has 1 aromatic carbocycles. The van der Waals surface area contributed by atoms with E-state index in [1.165, 1.54) is 0 Å². The van der Waals surface area contributed by atoms with E-state index in [1.54, 1.807) is 39.0 Å². The summed E-state index contributed by atoms with van der Waals surface area (Å²) in [5.41, 5.74) is 0.193. The summed E-state index contributed by atoms with van der Waals surface area (Å²) in [7, 11) is 0. The van der Waals surface area contributed by atoms with Gasteiger partial charge in [0.2, 0.25) is 0 Å². The molecule has 1 atom stereocenters. The molecule has 0 spiro atoms. The van der Waals surface area contributed by atoms with Crippen molar-refractivity contribution in [2.75, 3.05) is 13.1 Å². The molecule has 0 aromatic heterocycles. The van der Waals surface area contributed by atoms with E-state index in [0.717, 1.165) is 12.1 Å². The summed E-state index contributed by atoms with van der Waals surface area (Å²) >= 11 is 0. The minimum absolute atomic E-state index is 0. The Kier molecular flexibility index (Phi) is 7.79. The maximum absolute atomic E-state index is 11.8. The molecule has 1 aromatic rings. The van der Waals surface area contributed by atoms with E-state index in [0.29, 0.717) is 12.3 Å². The number of aliphatic hydroxyl groups is 1. The molecule has 0 bridgehead atoms. The number of aliphatic hydroxyl groups excluding tert-OH is 1. The topological polar surface area (TPSA) is 58.6 Å². The van der Waals surface area contributed by atoms with Crippen molar-refractivity contribution >= 4 is 18.4 Å². The number of ether oxygens (including phenoxy) is 1. The number of likely N-dealkylation sites (N-methyl/N-ethyl adjacent to an activating group) is 1. The molecule has 0 saturated heterocycles. The second-order valence-corrected chi connectivity index (χ2v) is 5.54. The molecule has 4 nitrogen and oxygen atoms in total.